The van der Waals surface area contributed by atoms with Crippen LogP contribution in [0.1, 0.15) is 57.9 Å². The van der Waals surface area contributed by atoms with Crippen LogP contribution in [0.4, 0.5) is 13.2 Å². The largest absolute Gasteiger partial charge is 0.493 e. The van der Waals surface area contributed by atoms with Crippen LogP contribution < -0.4 is 4.74 Å². The molecule has 190 valence electrons. The van der Waals surface area contributed by atoms with Gasteiger partial charge in [0.15, 0.2) is 0 Å². The summed E-state index contributed by atoms with van der Waals surface area (Å²) in [6.45, 7) is 3.83. The molecule has 1 aliphatic rings. The number of hydrogen-bond donors (Lipinski definition) is 2. The number of carbonyl (C=O) groups excluding carboxylic acids is 1. The Morgan fingerprint density at radius 2 is 1.91 bits per heavy atom. The van der Waals surface area contributed by atoms with Crippen LogP contribution in [0, 0.1) is 11.8 Å². The van der Waals surface area contributed by atoms with Gasteiger partial charge in [0.1, 0.15) is 5.75 Å². The van der Waals surface area contributed by atoms with Gasteiger partial charge in [0.2, 0.25) is 0 Å². The van der Waals surface area contributed by atoms with E-state index in [0.29, 0.717) is 32.1 Å². The molecule has 0 bridgehead atoms. The highest BCUT2D eigenvalue weighted by molar-refractivity contribution is 5.69. The van der Waals surface area contributed by atoms with Crippen LogP contribution in [0.2, 0.25) is 0 Å². The van der Waals surface area contributed by atoms with Crippen LogP contribution in [0.25, 0.3) is 0 Å². The summed E-state index contributed by atoms with van der Waals surface area (Å²) in [6, 6.07) is 4.75. The Kier molecular flexibility index (Phi) is 11.1. The second-order valence-corrected chi connectivity index (χ2v) is 8.84. The Bertz CT molecular complexity index is 819. The van der Waals surface area contributed by atoms with Crippen molar-refractivity contribution in [1.82, 2.24) is 0 Å². The first-order valence-corrected chi connectivity index (χ1v) is 11.7. The van der Waals surface area contributed by atoms with Crippen LogP contribution in [-0.2, 0) is 15.7 Å². The zero-order valence-electron chi connectivity index (χ0n) is 19.7. The van der Waals surface area contributed by atoms with Gasteiger partial charge in [-0.3, -0.25) is 4.79 Å². The van der Waals surface area contributed by atoms with Crippen molar-refractivity contribution in [2.75, 3.05) is 6.61 Å². The molecule has 1 aliphatic carbocycles. The van der Waals surface area contributed by atoms with Crippen molar-refractivity contribution in [3.63, 3.8) is 0 Å². The van der Waals surface area contributed by atoms with Gasteiger partial charge < -0.3 is 19.7 Å². The summed E-state index contributed by atoms with van der Waals surface area (Å²) >= 11 is 0. The monoisotopic (exact) mass is 484 g/mol. The molecule has 0 unspecified atom stereocenters. The Labute approximate surface area is 199 Å². The van der Waals surface area contributed by atoms with E-state index in [0.717, 1.165) is 18.6 Å². The zero-order chi connectivity index (χ0) is 25.1. The molecule has 1 fully saturated rings. The summed E-state index contributed by atoms with van der Waals surface area (Å²) < 4.78 is 48.8. The number of halogens is 3. The highest BCUT2D eigenvalue weighted by Crippen LogP contribution is 2.36. The van der Waals surface area contributed by atoms with E-state index in [1.807, 2.05) is 38.2 Å². The third-order valence-electron chi connectivity index (χ3n) is 5.68. The fourth-order valence-corrected chi connectivity index (χ4v) is 4.02. The van der Waals surface area contributed by atoms with Crippen molar-refractivity contribution in [2.45, 2.75) is 76.9 Å². The minimum Gasteiger partial charge on any atom is -0.493 e. The van der Waals surface area contributed by atoms with Gasteiger partial charge in [-0.05, 0) is 63.6 Å². The lowest BCUT2D eigenvalue weighted by Crippen LogP contribution is -2.19. The predicted molar refractivity (Wildman–Crippen MR) is 123 cm³/mol. The molecule has 0 aliphatic heterocycles. The number of esters is 1. The summed E-state index contributed by atoms with van der Waals surface area (Å²) in [5, 5.41) is 20.6. The molecule has 0 saturated heterocycles. The Balaban J connectivity index is 1.76. The van der Waals surface area contributed by atoms with Gasteiger partial charge in [-0.2, -0.15) is 13.2 Å². The highest BCUT2D eigenvalue weighted by atomic mass is 19.4. The first-order chi connectivity index (χ1) is 16.1. The van der Waals surface area contributed by atoms with E-state index in [-0.39, 0.29) is 36.3 Å². The Morgan fingerprint density at radius 1 is 1.15 bits per heavy atom. The molecule has 1 aromatic carbocycles. The molecule has 0 heterocycles. The second kappa shape index (κ2) is 13.5. The maximum Gasteiger partial charge on any atom is 0.416 e. The maximum absolute atomic E-state index is 12.8. The summed E-state index contributed by atoms with van der Waals surface area (Å²) in [5.41, 5.74) is -0.755. The fourth-order valence-electron chi connectivity index (χ4n) is 4.02. The molecule has 34 heavy (non-hydrogen) atoms. The van der Waals surface area contributed by atoms with E-state index < -0.39 is 23.9 Å². The summed E-state index contributed by atoms with van der Waals surface area (Å²) in [7, 11) is 0. The Hall–Kier alpha value is -2.32. The molecule has 0 spiro atoms. The quantitative estimate of drug-likeness (QED) is 0.234. The molecule has 1 saturated carbocycles. The zero-order valence-corrected chi connectivity index (χ0v) is 19.7. The minimum atomic E-state index is -4.41. The maximum atomic E-state index is 12.8. The standard InChI is InChI=1S/C26H35F3O5/c1-18(2)34-25(32)14-6-4-3-5-12-21-22(24(31)17-23(21)30)13-7-8-15-33-20-11-9-10-19(16-20)26(27,28)29/h3,5,7,9-11,13,16,18,21-24,30-31H,4,6,8,12,14-15,17H2,1-2H3/b5-3-,13-7+/t21-,22-,23+,24-/m1/s1. The van der Waals surface area contributed by atoms with Gasteiger partial charge in [-0.1, -0.05) is 30.4 Å². The number of ether oxygens (including phenoxy) is 2. The van der Waals surface area contributed by atoms with Crippen molar-refractivity contribution in [3.05, 3.63) is 54.1 Å². The molecule has 2 N–H and O–H groups in total. The molecule has 4 atom stereocenters. The van der Waals surface area contributed by atoms with E-state index in [9.17, 15) is 28.2 Å². The van der Waals surface area contributed by atoms with E-state index in [1.165, 1.54) is 12.1 Å². The van der Waals surface area contributed by atoms with Crippen molar-refractivity contribution >= 4 is 5.97 Å². The van der Waals surface area contributed by atoms with Gasteiger partial charge >= 0.3 is 12.1 Å². The predicted octanol–water partition coefficient (Wildman–Crippen LogP) is 5.46. The smallest absolute Gasteiger partial charge is 0.416 e. The average molecular weight is 485 g/mol. The molecule has 1 aromatic rings. The normalized spacial score (nSPS) is 23.3. The number of rotatable bonds is 12. The number of benzene rings is 1. The van der Waals surface area contributed by atoms with Crippen LogP contribution in [0.15, 0.2) is 48.6 Å². The fraction of sp³-hybridized carbons (Fsp3) is 0.577. The van der Waals surface area contributed by atoms with E-state index in [2.05, 4.69) is 0 Å². The molecule has 5 nitrogen and oxygen atoms in total. The first kappa shape index (κ1) is 27.9. The Morgan fingerprint density at radius 3 is 2.62 bits per heavy atom. The van der Waals surface area contributed by atoms with Gasteiger partial charge in [0.25, 0.3) is 0 Å². The molecular weight excluding hydrogens is 449 g/mol. The van der Waals surface area contributed by atoms with E-state index in [4.69, 9.17) is 9.47 Å². The lowest BCUT2D eigenvalue weighted by Gasteiger charge is -2.19. The van der Waals surface area contributed by atoms with E-state index >= 15 is 0 Å². The lowest BCUT2D eigenvalue weighted by atomic mass is 9.90. The number of aliphatic hydroxyl groups is 2. The van der Waals surface area contributed by atoms with Crippen molar-refractivity contribution in [2.24, 2.45) is 11.8 Å². The highest BCUT2D eigenvalue weighted by Gasteiger charge is 2.39. The molecule has 0 amide bonds. The van der Waals surface area contributed by atoms with Crippen LogP contribution in [0.5, 0.6) is 5.75 Å². The van der Waals surface area contributed by atoms with Gasteiger partial charge in [-0.25, -0.2) is 0 Å². The SMILES string of the molecule is CC(C)OC(=O)CCC/C=C\C[C@@H]1[C@@H](/C=C/CCOc2cccc(C(F)(F)F)c2)[C@H](O)C[C@@H]1O. The molecular formula is C26H35F3O5. The summed E-state index contributed by atoms with van der Waals surface area (Å²) in [5.74, 6) is -0.396. The first-order valence-electron chi connectivity index (χ1n) is 11.7. The third kappa shape index (κ3) is 9.50. The average Bonchev–Trinajstić information content (AvgIpc) is 3.01. The van der Waals surface area contributed by atoms with Crippen molar-refractivity contribution in [3.8, 4) is 5.75 Å². The number of allylic oxidation sites excluding steroid dienone is 2. The summed E-state index contributed by atoms with van der Waals surface area (Å²) in [4.78, 5) is 11.5. The molecule has 0 radical (unpaired) electrons. The number of aliphatic hydroxyl groups excluding tert-OH is 2. The second-order valence-electron chi connectivity index (χ2n) is 8.84. The molecule has 0 aromatic heterocycles. The summed E-state index contributed by atoms with van der Waals surface area (Å²) in [6.07, 6.45) is 4.98. The number of carbonyl (C=O) groups is 1. The molecule has 2 rings (SSSR count). The van der Waals surface area contributed by atoms with Crippen molar-refractivity contribution in [1.29, 1.82) is 0 Å². The minimum absolute atomic E-state index is 0.115. The van der Waals surface area contributed by atoms with Crippen LogP contribution in [-0.4, -0.2) is 41.1 Å². The molecule has 8 heteroatoms. The van der Waals surface area contributed by atoms with Crippen molar-refractivity contribution < 1.29 is 37.7 Å². The lowest BCUT2D eigenvalue weighted by molar-refractivity contribution is -0.147. The number of hydrogen-bond acceptors (Lipinski definition) is 5. The van der Waals surface area contributed by atoms with E-state index in [1.54, 1.807) is 0 Å². The van der Waals surface area contributed by atoms with Crippen LogP contribution >= 0.6 is 0 Å². The topological polar surface area (TPSA) is 76.0 Å². The number of alkyl halides is 3. The van der Waals surface area contributed by atoms with Gasteiger partial charge in [-0.15, -0.1) is 0 Å². The van der Waals surface area contributed by atoms with Gasteiger partial charge in [0.05, 0.1) is 30.5 Å². The number of unbranched alkanes of at least 4 members (excludes halogenated alkanes) is 1. The van der Waals surface area contributed by atoms with Gasteiger partial charge in [0, 0.05) is 18.8 Å². The van der Waals surface area contributed by atoms with Crippen LogP contribution in [0.3, 0.4) is 0 Å². The third-order valence-corrected chi connectivity index (χ3v) is 5.68.